The zero-order valence-corrected chi connectivity index (χ0v) is 17.8. The summed E-state index contributed by atoms with van der Waals surface area (Å²) in [5.41, 5.74) is -0.488. The summed E-state index contributed by atoms with van der Waals surface area (Å²) < 4.78 is 0. The average molecular weight is 389 g/mol. The minimum atomic E-state index is -0.570. The van der Waals surface area contributed by atoms with Crippen molar-refractivity contribution >= 4 is 11.8 Å². The Hall–Kier alpha value is -1.36. The molecule has 0 bridgehead atoms. The number of nitrogens with one attached hydrogen (secondary N) is 2. The normalized spacial score (nSPS) is 44.9. The van der Waals surface area contributed by atoms with Crippen LogP contribution in [0.15, 0.2) is 12.2 Å². The van der Waals surface area contributed by atoms with Gasteiger partial charge in [-0.05, 0) is 81.6 Å². The van der Waals surface area contributed by atoms with Crippen LogP contribution < -0.4 is 10.6 Å². The molecule has 0 aromatic rings. The Labute approximate surface area is 168 Å². The van der Waals surface area contributed by atoms with Gasteiger partial charge < -0.3 is 15.7 Å². The summed E-state index contributed by atoms with van der Waals surface area (Å²) in [6.45, 7) is 8.37. The monoisotopic (exact) mass is 388 g/mol. The van der Waals surface area contributed by atoms with E-state index in [9.17, 15) is 14.7 Å². The number of rotatable bonds is 3. The van der Waals surface area contributed by atoms with Crippen LogP contribution in [0.1, 0.15) is 66.2 Å². The molecule has 0 spiro atoms. The van der Waals surface area contributed by atoms with Crippen molar-refractivity contribution in [3.63, 3.8) is 0 Å². The second kappa shape index (κ2) is 6.58. The van der Waals surface area contributed by atoms with Gasteiger partial charge in [0.2, 0.25) is 11.8 Å². The first-order valence-electron chi connectivity index (χ1n) is 11.0. The summed E-state index contributed by atoms with van der Waals surface area (Å²) in [5.74, 6) is 1.98. The fraction of sp³-hybridized carbons (Fsp3) is 0.826. The van der Waals surface area contributed by atoms with Gasteiger partial charge in [-0.25, -0.2) is 0 Å². The summed E-state index contributed by atoms with van der Waals surface area (Å²) >= 11 is 0. The highest BCUT2D eigenvalue weighted by atomic mass is 16.3. The number of hydrogen-bond acceptors (Lipinski definition) is 3. The Morgan fingerprint density at radius 3 is 2.68 bits per heavy atom. The maximum atomic E-state index is 13.1. The predicted molar refractivity (Wildman–Crippen MR) is 108 cm³/mol. The molecule has 3 fully saturated rings. The minimum absolute atomic E-state index is 0.0383. The van der Waals surface area contributed by atoms with Crippen molar-refractivity contribution in [2.45, 2.75) is 77.8 Å². The van der Waals surface area contributed by atoms with Crippen LogP contribution in [0.3, 0.4) is 0 Å². The van der Waals surface area contributed by atoms with Gasteiger partial charge in [0.05, 0.1) is 12.1 Å². The molecule has 0 aromatic heterocycles. The third kappa shape index (κ3) is 2.92. The summed E-state index contributed by atoms with van der Waals surface area (Å²) in [6, 6.07) is 0.251. The van der Waals surface area contributed by atoms with Gasteiger partial charge >= 0.3 is 0 Å². The lowest BCUT2D eigenvalue weighted by molar-refractivity contribution is -0.136. The van der Waals surface area contributed by atoms with E-state index in [1.807, 2.05) is 13.8 Å². The third-order valence-electron chi connectivity index (χ3n) is 8.86. The van der Waals surface area contributed by atoms with Gasteiger partial charge in [-0.1, -0.05) is 19.9 Å². The molecule has 2 amide bonds. The number of aliphatic hydroxyl groups excluding tert-OH is 1. The lowest BCUT2D eigenvalue weighted by Crippen LogP contribution is -2.60. The predicted octanol–water partition coefficient (Wildman–Crippen LogP) is 2.79. The van der Waals surface area contributed by atoms with Gasteiger partial charge in [0.25, 0.3) is 0 Å². The van der Waals surface area contributed by atoms with Gasteiger partial charge in [0.15, 0.2) is 0 Å². The van der Waals surface area contributed by atoms with E-state index in [-0.39, 0.29) is 41.2 Å². The number of aliphatic hydroxyl groups is 1. The SMILES string of the molecule is CC(C)(CO)NC(=O)C1CCC2C3CCC4NC(=O)C=CC4(C)C3CCC12C. The first kappa shape index (κ1) is 19.9. The molecule has 7 unspecified atom stereocenters. The molecule has 7 atom stereocenters. The van der Waals surface area contributed by atoms with E-state index >= 15 is 0 Å². The molecule has 4 aliphatic rings. The van der Waals surface area contributed by atoms with Crippen molar-refractivity contribution < 1.29 is 14.7 Å². The van der Waals surface area contributed by atoms with Crippen molar-refractivity contribution in [2.24, 2.45) is 34.5 Å². The van der Waals surface area contributed by atoms with Crippen molar-refractivity contribution in [2.75, 3.05) is 6.61 Å². The summed E-state index contributed by atoms with van der Waals surface area (Å²) in [4.78, 5) is 24.9. The highest BCUT2D eigenvalue weighted by molar-refractivity contribution is 5.89. The molecule has 4 rings (SSSR count). The van der Waals surface area contributed by atoms with Crippen molar-refractivity contribution in [3.8, 4) is 0 Å². The molecule has 1 aliphatic heterocycles. The summed E-state index contributed by atoms with van der Waals surface area (Å²) in [7, 11) is 0. The van der Waals surface area contributed by atoms with Crippen LogP contribution in [0.2, 0.25) is 0 Å². The molecule has 3 aliphatic carbocycles. The first-order chi connectivity index (χ1) is 13.1. The first-order valence-corrected chi connectivity index (χ1v) is 11.0. The van der Waals surface area contributed by atoms with Crippen molar-refractivity contribution in [1.82, 2.24) is 10.6 Å². The fourth-order valence-corrected chi connectivity index (χ4v) is 7.22. The quantitative estimate of drug-likeness (QED) is 0.696. The smallest absolute Gasteiger partial charge is 0.243 e. The Morgan fingerprint density at radius 2 is 1.96 bits per heavy atom. The molecule has 1 heterocycles. The topological polar surface area (TPSA) is 78.4 Å². The van der Waals surface area contributed by atoms with E-state index in [1.54, 1.807) is 6.08 Å². The van der Waals surface area contributed by atoms with Crippen LogP contribution >= 0.6 is 0 Å². The van der Waals surface area contributed by atoms with Gasteiger partial charge in [-0.3, -0.25) is 9.59 Å². The number of carbonyl (C=O) groups is 2. The fourth-order valence-electron chi connectivity index (χ4n) is 7.22. The minimum Gasteiger partial charge on any atom is -0.394 e. The summed E-state index contributed by atoms with van der Waals surface area (Å²) in [5, 5.41) is 15.8. The van der Waals surface area contributed by atoms with Crippen LogP contribution in [0.25, 0.3) is 0 Å². The zero-order valence-electron chi connectivity index (χ0n) is 17.8. The van der Waals surface area contributed by atoms with E-state index in [0.29, 0.717) is 17.8 Å². The lowest BCUT2D eigenvalue weighted by Gasteiger charge is -2.58. The van der Waals surface area contributed by atoms with Crippen LogP contribution in [-0.2, 0) is 9.59 Å². The standard InChI is InChI=1S/C23H36N2O3/c1-21(2,13-26)25-20(28)17-7-6-15-14-5-8-18-23(4,12-10-19(27)24-18)16(14)9-11-22(15,17)3/h10,12,14-18,26H,5-9,11,13H2,1-4H3,(H,24,27)(H,25,28). The van der Waals surface area contributed by atoms with Gasteiger partial charge in [0.1, 0.15) is 0 Å². The molecule has 3 N–H and O–H groups in total. The Kier molecular flexibility index (Phi) is 4.68. The van der Waals surface area contributed by atoms with E-state index in [0.717, 1.165) is 38.5 Å². The second-order valence-corrected chi connectivity index (χ2v) is 10.9. The number of carbonyl (C=O) groups excluding carboxylic acids is 2. The van der Waals surface area contributed by atoms with Crippen LogP contribution in [-0.4, -0.2) is 35.1 Å². The van der Waals surface area contributed by atoms with E-state index in [1.165, 1.54) is 0 Å². The summed E-state index contributed by atoms with van der Waals surface area (Å²) in [6.07, 6.45) is 10.4. The maximum Gasteiger partial charge on any atom is 0.243 e. The van der Waals surface area contributed by atoms with E-state index < -0.39 is 5.54 Å². The Balaban J connectivity index is 1.56. The molecule has 5 heteroatoms. The van der Waals surface area contributed by atoms with Gasteiger partial charge in [0, 0.05) is 17.4 Å². The van der Waals surface area contributed by atoms with Crippen LogP contribution in [0, 0.1) is 34.5 Å². The van der Waals surface area contributed by atoms with Crippen LogP contribution in [0.4, 0.5) is 0 Å². The van der Waals surface area contributed by atoms with E-state index in [4.69, 9.17) is 0 Å². The molecule has 0 saturated heterocycles. The maximum absolute atomic E-state index is 13.1. The van der Waals surface area contributed by atoms with E-state index in [2.05, 4.69) is 30.6 Å². The number of amides is 2. The van der Waals surface area contributed by atoms with Gasteiger partial charge in [-0.15, -0.1) is 0 Å². The van der Waals surface area contributed by atoms with Crippen LogP contribution in [0.5, 0.6) is 0 Å². The largest absolute Gasteiger partial charge is 0.394 e. The second-order valence-electron chi connectivity index (χ2n) is 10.9. The molecule has 5 nitrogen and oxygen atoms in total. The molecule has 3 saturated carbocycles. The molecule has 156 valence electrons. The molecule has 28 heavy (non-hydrogen) atoms. The van der Waals surface area contributed by atoms with Crippen molar-refractivity contribution in [1.29, 1.82) is 0 Å². The third-order valence-corrected chi connectivity index (χ3v) is 8.86. The number of hydrogen-bond donors (Lipinski definition) is 3. The molecular formula is C23H36N2O3. The lowest BCUT2D eigenvalue weighted by atomic mass is 9.48. The average Bonchev–Trinajstić information content (AvgIpc) is 2.99. The highest BCUT2D eigenvalue weighted by Crippen LogP contribution is 2.65. The highest BCUT2D eigenvalue weighted by Gasteiger charge is 2.61. The Morgan fingerprint density at radius 1 is 1.21 bits per heavy atom. The zero-order chi connectivity index (χ0) is 20.3. The number of fused-ring (bicyclic) bond motifs is 5. The molecule has 0 aromatic carbocycles. The molecule has 0 radical (unpaired) electrons. The van der Waals surface area contributed by atoms with Gasteiger partial charge in [-0.2, -0.15) is 0 Å². The molecular weight excluding hydrogens is 352 g/mol. The Bertz CT molecular complexity index is 702. The van der Waals surface area contributed by atoms with Crippen molar-refractivity contribution in [3.05, 3.63) is 12.2 Å².